The van der Waals surface area contributed by atoms with Crippen molar-refractivity contribution in [3.8, 4) is 0 Å². The molecule has 0 saturated carbocycles. The van der Waals surface area contributed by atoms with Crippen LogP contribution >= 0.6 is 0 Å². The molecule has 4 rings (SSSR count). The van der Waals surface area contributed by atoms with Crippen molar-refractivity contribution >= 4 is 18.0 Å². The van der Waals surface area contributed by atoms with Crippen LogP contribution in [0.25, 0.3) is 0 Å². The Morgan fingerprint density at radius 3 is 2.29 bits per heavy atom. The lowest BCUT2D eigenvalue weighted by Gasteiger charge is -2.46. The van der Waals surface area contributed by atoms with Crippen molar-refractivity contribution in [1.82, 2.24) is 19.6 Å². The number of hydrogen-bond donors (Lipinski definition) is 0. The molecule has 4 amide bonds. The summed E-state index contributed by atoms with van der Waals surface area (Å²) in [6.07, 6.45) is 3.66. The topological polar surface area (TPSA) is 73.4 Å². The molecule has 0 radical (unpaired) electrons. The van der Waals surface area contributed by atoms with E-state index in [9.17, 15) is 14.4 Å². The van der Waals surface area contributed by atoms with Crippen LogP contribution in [0, 0.1) is 0 Å². The predicted octanol–water partition coefficient (Wildman–Crippen LogP) is 3.36. The SMILES string of the molecule is CCOC(=O)N1CCC(N2CCC3(CC2)C(=O)N(C(C)C)C(=O)N3CCc2ccccc2)CC1. The minimum atomic E-state index is -0.738. The van der Waals surface area contributed by atoms with Crippen molar-refractivity contribution in [3.63, 3.8) is 0 Å². The molecule has 0 atom stereocenters. The van der Waals surface area contributed by atoms with Gasteiger partial charge in [0.2, 0.25) is 0 Å². The van der Waals surface area contributed by atoms with Gasteiger partial charge in [-0.05, 0) is 58.4 Å². The van der Waals surface area contributed by atoms with Crippen molar-refractivity contribution < 1.29 is 19.1 Å². The van der Waals surface area contributed by atoms with Crippen LogP contribution in [0.15, 0.2) is 30.3 Å². The molecule has 3 aliphatic heterocycles. The van der Waals surface area contributed by atoms with E-state index >= 15 is 0 Å². The second-order valence-corrected chi connectivity index (χ2v) is 9.92. The van der Waals surface area contributed by atoms with Crippen LogP contribution in [0.2, 0.25) is 0 Å². The molecule has 1 aromatic carbocycles. The highest BCUT2D eigenvalue weighted by Gasteiger charge is 2.58. The van der Waals surface area contributed by atoms with E-state index in [-0.39, 0.29) is 24.1 Å². The number of benzene rings is 1. The summed E-state index contributed by atoms with van der Waals surface area (Å²) in [6.45, 7) is 9.58. The lowest BCUT2D eigenvalue weighted by atomic mass is 9.84. The number of rotatable bonds is 6. The molecule has 8 heteroatoms. The van der Waals surface area contributed by atoms with Crippen molar-refractivity contribution in [2.45, 2.75) is 70.5 Å². The van der Waals surface area contributed by atoms with Gasteiger partial charge >= 0.3 is 12.1 Å². The fourth-order valence-electron chi connectivity index (χ4n) is 5.76. The third kappa shape index (κ3) is 4.65. The second kappa shape index (κ2) is 10.3. The molecule has 1 spiro atoms. The maximum atomic E-state index is 13.6. The van der Waals surface area contributed by atoms with Gasteiger partial charge in [0.15, 0.2) is 0 Å². The molecule has 1 aromatic rings. The Balaban J connectivity index is 1.42. The van der Waals surface area contributed by atoms with Crippen LogP contribution < -0.4 is 0 Å². The summed E-state index contributed by atoms with van der Waals surface area (Å²) in [4.78, 5) is 46.6. The summed E-state index contributed by atoms with van der Waals surface area (Å²) in [5.74, 6) is -0.0302. The quantitative estimate of drug-likeness (QED) is 0.596. The number of nitrogens with zero attached hydrogens (tertiary/aromatic N) is 4. The molecule has 0 N–H and O–H groups in total. The summed E-state index contributed by atoms with van der Waals surface area (Å²) in [5.41, 5.74) is 0.435. The predicted molar refractivity (Wildman–Crippen MR) is 129 cm³/mol. The molecular formula is C26H38N4O4. The van der Waals surface area contributed by atoms with Gasteiger partial charge in [-0.2, -0.15) is 0 Å². The highest BCUT2D eigenvalue weighted by Crippen LogP contribution is 2.39. The van der Waals surface area contributed by atoms with Crippen LogP contribution in [0.1, 0.15) is 52.0 Å². The van der Waals surface area contributed by atoms with Crippen LogP contribution in [-0.4, -0.2) is 94.6 Å². The van der Waals surface area contributed by atoms with Gasteiger partial charge in [-0.15, -0.1) is 0 Å². The molecule has 0 bridgehead atoms. The molecule has 0 unspecified atom stereocenters. The molecule has 3 heterocycles. The first-order chi connectivity index (χ1) is 16.4. The number of ether oxygens (including phenoxy) is 1. The first kappa shape index (κ1) is 24.5. The van der Waals surface area contributed by atoms with Gasteiger partial charge in [0.1, 0.15) is 5.54 Å². The van der Waals surface area contributed by atoms with Crippen LogP contribution in [0.3, 0.4) is 0 Å². The van der Waals surface area contributed by atoms with Gasteiger partial charge in [-0.25, -0.2) is 9.59 Å². The van der Waals surface area contributed by atoms with E-state index in [0.29, 0.717) is 45.1 Å². The summed E-state index contributed by atoms with van der Waals surface area (Å²) in [6, 6.07) is 10.2. The van der Waals surface area contributed by atoms with Crippen molar-refractivity contribution in [3.05, 3.63) is 35.9 Å². The van der Waals surface area contributed by atoms with E-state index < -0.39 is 5.54 Å². The van der Waals surface area contributed by atoms with Gasteiger partial charge in [-0.3, -0.25) is 9.69 Å². The molecule has 0 aliphatic carbocycles. The van der Waals surface area contributed by atoms with Gasteiger partial charge in [-0.1, -0.05) is 30.3 Å². The number of urea groups is 1. The van der Waals surface area contributed by atoms with Gasteiger partial charge in [0.25, 0.3) is 5.91 Å². The normalized spacial score (nSPS) is 21.7. The number of carbonyl (C=O) groups excluding carboxylic acids is 3. The number of amides is 4. The molecular weight excluding hydrogens is 432 g/mol. The lowest BCUT2D eigenvalue weighted by Crippen LogP contribution is -2.59. The molecule has 3 fully saturated rings. The van der Waals surface area contributed by atoms with Gasteiger partial charge < -0.3 is 19.4 Å². The molecule has 34 heavy (non-hydrogen) atoms. The van der Waals surface area contributed by atoms with Crippen molar-refractivity contribution in [2.75, 3.05) is 39.3 Å². The third-order valence-corrected chi connectivity index (χ3v) is 7.69. The maximum Gasteiger partial charge on any atom is 0.409 e. The zero-order valence-corrected chi connectivity index (χ0v) is 20.7. The van der Waals surface area contributed by atoms with E-state index in [1.807, 2.05) is 43.9 Å². The molecule has 3 saturated heterocycles. The number of piperidine rings is 2. The minimum Gasteiger partial charge on any atom is -0.450 e. The Bertz CT molecular complexity index is 874. The zero-order valence-electron chi connectivity index (χ0n) is 20.7. The average molecular weight is 471 g/mol. The smallest absolute Gasteiger partial charge is 0.409 e. The highest BCUT2D eigenvalue weighted by molar-refractivity contribution is 6.07. The second-order valence-electron chi connectivity index (χ2n) is 9.92. The molecule has 8 nitrogen and oxygen atoms in total. The Kier molecular flexibility index (Phi) is 7.45. The Morgan fingerprint density at radius 1 is 1.06 bits per heavy atom. The largest absolute Gasteiger partial charge is 0.450 e. The Hall–Kier alpha value is -2.61. The number of likely N-dealkylation sites (tertiary alicyclic amines) is 2. The van der Waals surface area contributed by atoms with E-state index in [4.69, 9.17) is 4.74 Å². The number of hydrogen-bond acceptors (Lipinski definition) is 5. The van der Waals surface area contributed by atoms with Crippen molar-refractivity contribution in [2.24, 2.45) is 0 Å². The highest BCUT2D eigenvalue weighted by atomic mass is 16.6. The standard InChI is InChI=1S/C26H38N4O4/c1-4-34-25(33)28-15-11-22(12-16-28)27-18-13-26(14-19-27)23(31)30(20(2)3)24(32)29(26)17-10-21-8-6-5-7-9-21/h5-9,20,22H,4,10-19H2,1-3H3. The minimum absolute atomic E-state index is 0.0302. The van der Waals surface area contributed by atoms with E-state index in [1.165, 1.54) is 10.5 Å². The van der Waals surface area contributed by atoms with E-state index in [0.717, 1.165) is 32.4 Å². The average Bonchev–Trinajstić information content (AvgIpc) is 3.04. The van der Waals surface area contributed by atoms with Gasteiger partial charge in [0.05, 0.1) is 6.61 Å². The Labute approximate surface area is 202 Å². The third-order valence-electron chi connectivity index (χ3n) is 7.69. The van der Waals surface area contributed by atoms with Crippen LogP contribution in [0.5, 0.6) is 0 Å². The zero-order chi connectivity index (χ0) is 24.3. The lowest BCUT2D eigenvalue weighted by molar-refractivity contribution is -0.137. The summed E-state index contributed by atoms with van der Waals surface area (Å²) >= 11 is 0. The van der Waals surface area contributed by atoms with Crippen LogP contribution in [0.4, 0.5) is 9.59 Å². The summed E-state index contributed by atoms with van der Waals surface area (Å²) in [5, 5.41) is 0. The monoisotopic (exact) mass is 470 g/mol. The van der Waals surface area contributed by atoms with E-state index in [1.54, 1.807) is 4.90 Å². The first-order valence-corrected chi connectivity index (χ1v) is 12.7. The van der Waals surface area contributed by atoms with E-state index in [2.05, 4.69) is 17.0 Å². The molecule has 186 valence electrons. The summed E-state index contributed by atoms with van der Waals surface area (Å²) < 4.78 is 5.14. The number of imide groups is 1. The van der Waals surface area contributed by atoms with Crippen LogP contribution in [-0.2, 0) is 16.0 Å². The molecule has 3 aliphatic rings. The fraction of sp³-hybridized carbons (Fsp3) is 0.654. The summed E-state index contributed by atoms with van der Waals surface area (Å²) in [7, 11) is 0. The fourth-order valence-corrected chi connectivity index (χ4v) is 5.76. The van der Waals surface area contributed by atoms with Crippen molar-refractivity contribution in [1.29, 1.82) is 0 Å². The Morgan fingerprint density at radius 2 is 1.71 bits per heavy atom. The maximum absolute atomic E-state index is 13.6. The molecule has 0 aromatic heterocycles. The van der Waals surface area contributed by atoms with Gasteiger partial charge in [0, 0.05) is 44.8 Å². The first-order valence-electron chi connectivity index (χ1n) is 12.7. The number of carbonyl (C=O) groups is 3.